The molecule has 10 nitrogen and oxygen atoms in total. The molecule has 0 radical (unpaired) electrons. The summed E-state index contributed by atoms with van der Waals surface area (Å²) >= 11 is 0. The lowest BCUT2D eigenvalue weighted by atomic mass is 9.98. The van der Waals surface area contributed by atoms with Crippen LogP contribution in [0.25, 0.3) is 0 Å². The van der Waals surface area contributed by atoms with E-state index in [1.54, 1.807) is 29.9 Å². The lowest BCUT2D eigenvalue weighted by Crippen LogP contribution is -2.57. The second kappa shape index (κ2) is 7.69. The van der Waals surface area contributed by atoms with Gasteiger partial charge in [0.25, 0.3) is 5.91 Å². The maximum absolute atomic E-state index is 12.9. The Morgan fingerprint density at radius 3 is 2.41 bits per heavy atom. The van der Waals surface area contributed by atoms with Crippen LogP contribution in [0.2, 0.25) is 0 Å². The van der Waals surface area contributed by atoms with Crippen molar-refractivity contribution in [3.05, 3.63) is 48.7 Å². The molecule has 2 fully saturated rings. The van der Waals surface area contributed by atoms with Gasteiger partial charge in [0.15, 0.2) is 0 Å². The van der Waals surface area contributed by atoms with Crippen molar-refractivity contribution in [2.45, 2.75) is 35.5 Å². The summed E-state index contributed by atoms with van der Waals surface area (Å²) in [5, 5.41) is 9.13. The number of aromatic nitrogens is 1. The lowest BCUT2D eigenvalue weighted by molar-refractivity contribution is -0.136. The monoisotopic (exact) mass is 421 g/mol. The minimum Gasteiger partial charge on any atom is -0.439 e. The number of sulfonamides is 1. The van der Waals surface area contributed by atoms with Gasteiger partial charge in [-0.15, -0.1) is 0 Å². The van der Waals surface area contributed by atoms with Gasteiger partial charge < -0.3 is 14.2 Å². The SMILES string of the molecule is O=C(NO)C1(NS(=O)(=O)c2ccc(Oc3ccccn3)cc2)CC2OCOC2C1. The Bertz CT molecular complexity index is 970. The molecule has 0 bridgehead atoms. The largest absolute Gasteiger partial charge is 0.439 e. The molecule has 2 heterocycles. The number of benzene rings is 1. The number of rotatable bonds is 6. The van der Waals surface area contributed by atoms with Crippen molar-refractivity contribution < 1.29 is 32.6 Å². The fraction of sp³-hybridized carbons (Fsp3) is 0.333. The van der Waals surface area contributed by atoms with Gasteiger partial charge in [-0.3, -0.25) is 10.0 Å². The number of nitrogens with zero attached hydrogens (tertiary/aromatic N) is 1. The molecule has 11 heteroatoms. The summed E-state index contributed by atoms with van der Waals surface area (Å²) < 4.78 is 44.5. The van der Waals surface area contributed by atoms with E-state index in [4.69, 9.17) is 19.4 Å². The standard InChI is InChI=1S/C18H19N3O7S/c22-17(20-23)18(9-14-15(10-18)27-11-26-14)21-29(24,25)13-6-4-12(5-7-13)28-16-3-1-2-8-19-16/h1-8,14-15,21,23H,9-11H2,(H,20,22). The summed E-state index contributed by atoms with van der Waals surface area (Å²) in [6.45, 7) is 0.0939. The highest BCUT2D eigenvalue weighted by Gasteiger charge is 2.55. The quantitative estimate of drug-likeness (QED) is 0.463. The highest BCUT2D eigenvalue weighted by Crippen LogP contribution is 2.38. The Morgan fingerprint density at radius 2 is 1.83 bits per heavy atom. The van der Waals surface area contributed by atoms with Crippen LogP contribution in [0.1, 0.15) is 12.8 Å². The molecule has 1 saturated carbocycles. The summed E-state index contributed by atoms with van der Waals surface area (Å²) in [7, 11) is -4.08. The molecule has 1 saturated heterocycles. The lowest BCUT2D eigenvalue weighted by Gasteiger charge is -2.28. The molecule has 3 N–H and O–H groups in total. The predicted octanol–water partition coefficient (Wildman–Crippen LogP) is 0.932. The van der Waals surface area contributed by atoms with E-state index >= 15 is 0 Å². The van der Waals surface area contributed by atoms with Crippen molar-refractivity contribution in [1.29, 1.82) is 0 Å². The minimum absolute atomic E-state index is 0.0458. The summed E-state index contributed by atoms with van der Waals surface area (Å²) in [5.74, 6) is -0.0854. The number of fused-ring (bicyclic) bond motifs is 1. The van der Waals surface area contributed by atoms with E-state index in [9.17, 15) is 13.2 Å². The average molecular weight is 421 g/mol. The first-order chi connectivity index (χ1) is 13.9. The van der Waals surface area contributed by atoms with Crippen LogP contribution in [0.3, 0.4) is 0 Å². The number of nitrogens with one attached hydrogen (secondary N) is 2. The maximum atomic E-state index is 12.9. The van der Waals surface area contributed by atoms with E-state index < -0.39 is 33.7 Å². The number of amides is 1. The van der Waals surface area contributed by atoms with E-state index in [1.807, 2.05) is 0 Å². The Balaban J connectivity index is 1.53. The van der Waals surface area contributed by atoms with Gasteiger partial charge >= 0.3 is 0 Å². The van der Waals surface area contributed by atoms with E-state index in [1.165, 1.54) is 24.3 Å². The van der Waals surface area contributed by atoms with Crippen molar-refractivity contribution in [2.24, 2.45) is 0 Å². The molecule has 1 amide bonds. The molecular formula is C18H19N3O7S. The van der Waals surface area contributed by atoms with Crippen LogP contribution >= 0.6 is 0 Å². The van der Waals surface area contributed by atoms with Crippen LogP contribution in [-0.2, 0) is 24.3 Å². The topological polar surface area (TPSA) is 136 Å². The first kappa shape index (κ1) is 19.7. The minimum atomic E-state index is -4.08. The van der Waals surface area contributed by atoms with E-state index in [0.717, 1.165) is 0 Å². The smallest absolute Gasteiger partial charge is 0.264 e. The second-order valence-corrected chi connectivity index (χ2v) is 8.49. The van der Waals surface area contributed by atoms with Crippen molar-refractivity contribution in [1.82, 2.24) is 15.2 Å². The van der Waals surface area contributed by atoms with Gasteiger partial charge in [0.1, 0.15) is 18.1 Å². The third-order valence-electron chi connectivity index (χ3n) is 4.94. The van der Waals surface area contributed by atoms with Gasteiger partial charge in [-0.1, -0.05) is 6.07 Å². The van der Waals surface area contributed by atoms with Crippen molar-refractivity contribution in [2.75, 3.05) is 6.79 Å². The Kier molecular flexibility index (Phi) is 5.23. The summed E-state index contributed by atoms with van der Waals surface area (Å²) in [4.78, 5) is 16.3. The van der Waals surface area contributed by atoms with Crippen LogP contribution < -0.4 is 14.9 Å². The number of ether oxygens (including phenoxy) is 3. The van der Waals surface area contributed by atoms with Gasteiger partial charge in [0.2, 0.25) is 15.9 Å². The molecule has 29 heavy (non-hydrogen) atoms. The van der Waals surface area contributed by atoms with Crippen LogP contribution in [0.15, 0.2) is 53.6 Å². The zero-order chi connectivity index (χ0) is 20.5. The molecule has 1 aliphatic heterocycles. The van der Waals surface area contributed by atoms with Crippen molar-refractivity contribution >= 4 is 15.9 Å². The molecule has 1 aromatic carbocycles. The number of hydrogen-bond donors (Lipinski definition) is 3. The second-order valence-electron chi connectivity index (χ2n) is 6.81. The number of hydroxylamine groups is 1. The van der Waals surface area contributed by atoms with Gasteiger partial charge in [0, 0.05) is 25.1 Å². The first-order valence-electron chi connectivity index (χ1n) is 8.83. The van der Waals surface area contributed by atoms with Crippen molar-refractivity contribution in [3.63, 3.8) is 0 Å². The molecule has 4 rings (SSSR count). The third-order valence-corrected chi connectivity index (χ3v) is 6.49. The average Bonchev–Trinajstić information content (AvgIpc) is 3.28. The first-order valence-corrected chi connectivity index (χ1v) is 10.3. The summed E-state index contributed by atoms with van der Waals surface area (Å²) in [6, 6.07) is 10.9. The zero-order valence-electron chi connectivity index (χ0n) is 15.1. The summed E-state index contributed by atoms with van der Waals surface area (Å²) in [6.07, 6.45) is 0.816. The van der Waals surface area contributed by atoms with E-state index in [2.05, 4.69) is 9.71 Å². The van der Waals surface area contributed by atoms with Gasteiger partial charge in [0.05, 0.1) is 17.1 Å². The molecular weight excluding hydrogens is 402 g/mol. The molecule has 0 spiro atoms. The van der Waals surface area contributed by atoms with E-state index in [-0.39, 0.29) is 24.5 Å². The maximum Gasteiger partial charge on any atom is 0.264 e. The highest BCUT2D eigenvalue weighted by molar-refractivity contribution is 7.89. The number of carbonyl (C=O) groups is 1. The van der Waals surface area contributed by atoms with Gasteiger partial charge in [-0.2, -0.15) is 4.72 Å². The molecule has 2 unspecified atom stereocenters. The molecule has 1 aromatic heterocycles. The molecule has 1 aliphatic carbocycles. The Morgan fingerprint density at radius 1 is 1.14 bits per heavy atom. The Labute approximate surface area is 166 Å². The number of carbonyl (C=O) groups excluding carboxylic acids is 1. The Hall–Kier alpha value is -2.57. The fourth-order valence-corrected chi connectivity index (χ4v) is 4.92. The molecule has 2 atom stereocenters. The molecule has 154 valence electrons. The van der Waals surface area contributed by atoms with Crippen LogP contribution in [-0.4, -0.2) is 49.1 Å². The van der Waals surface area contributed by atoms with Crippen LogP contribution in [0, 0.1) is 0 Å². The van der Waals surface area contributed by atoms with Crippen molar-refractivity contribution in [3.8, 4) is 11.6 Å². The molecule has 2 aliphatic rings. The number of pyridine rings is 1. The fourth-order valence-electron chi connectivity index (χ4n) is 3.53. The number of hydrogen-bond acceptors (Lipinski definition) is 8. The molecule has 2 aromatic rings. The third kappa shape index (κ3) is 3.95. The predicted molar refractivity (Wildman–Crippen MR) is 97.6 cm³/mol. The van der Waals surface area contributed by atoms with Crippen LogP contribution in [0.5, 0.6) is 11.6 Å². The normalized spacial score (nSPS) is 26.1. The van der Waals surface area contributed by atoms with Gasteiger partial charge in [-0.05, 0) is 30.3 Å². The van der Waals surface area contributed by atoms with Crippen LogP contribution in [0.4, 0.5) is 0 Å². The summed E-state index contributed by atoms with van der Waals surface area (Å²) in [5.41, 5.74) is -0.0334. The zero-order valence-corrected chi connectivity index (χ0v) is 16.0. The van der Waals surface area contributed by atoms with E-state index in [0.29, 0.717) is 11.6 Å². The highest BCUT2D eigenvalue weighted by atomic mass is 32.2. The van der Waals surface area contributed by atoms with Gasteiger partial charge in [-0.25, -0.2) is 18.9 Å².